The third-order valence-corrected chi connectivity index (χ3v) is 3.21. The summed E-state index contributed by atoms with van der Waals surface area (Å²) < 4.78 is 1.60. The molecule has 0 aliphatic rings. The molecule has 0 radical (unpaired) electrons. The number of rotatable bonds is 6. The van der Waals surface area contributed by atoms with E-state index in [-0.39, 0.29) is 23.5 Å². The molecule has 0 saturated heterocycles. The predicted molar refractivity (Wildman–Crippen MR) is 92.7 cm³/mol. The third kappa shape index (κ3) is 4.91. The van der Waals surface area contributed by atoms with Crippen LogP contribution in [0, 0.1) is 6.92 Å². The molecule has 0 aliphatic carbocycles. The van der Waals surface area contributed by atoms with Crippen molar-refractivity contribution >= 4 is 18.3 Å². The van der Waals surface area contributed by atoms with Gasteiger partial charge >= 0.3 is 0 Å². The zero-order valence-corrected chi connectivity index (χ0v) is 14.0. The van der Waals surface area contributed by atoms with Gasteiger partial charge in [0.2, 0.25) is 5.43 Å². The van der Waals surface area contributed by atoms with Gasteiger partial charge in [0.05, 0.1) is 5.69 Å². The second kappa shape index (κ2) is 9.07. The number of hydrogen-bond acceptors (Lipinski definition) is 4. The molecule has 0 unspecified atom stereocenters. The number of nitrogens with zero attached hydrogens (tertiary/aromatic N) is 2. The number of amides is 1. The Labute approximate surface area is 141 Å². The second-order valence-electron chi connectivity index (χ2n) is 4.96. The highest BCUT2D eigenvalue weighted by atomic mass is 35.5. The Balaban J connectivity index is 0.00000264. The molecule has 1 aromatic heterocycles. The van der Waals surface area contributed by atoms with Crippen LogP contribution in [0.25, 0.3) is 5.69 Å². The maximum atomic E-state index is 12.1. The Hall–Kier alpha value is -2.18. The number of aromatic nitrogens is 2. The van der Waals surface area contributed by atoms with Gasteiger partial charge in [-0.2, -0.15) is 5.10 Å². The van der Waals surface area contributed by atoms with Crippen LogP contribution in [0.1, 0.15) is 22.6 Å². The van der Waals surface area contributed by atoms with E-state index in [1.807, 2.05) is 37.4 Å². The van der Waals surface area contributed by atoms with Gasteiger partial charge in [0.1, 0.15) is 0 Å². The first-order valence-electron chi connectivity index (χ1n) is 7.22. The number of halogens is 1. The summed E-state index contributed by atoms with van der Waals surface area (Å²) in [6.45, 7) is 3.09. The molecule has 1 aromatic carbocycles. The molecule has 2 N–H and O–H groups in total. The van der Waals surface area contributed by atoms with E-state index in [4.69, 9.17) is 0 Å². The van der Waals surface area contributed by atoms with E-state index >= 15 is 0 Å². The van der Waals surface area contributed by atoms with E-state index in [1.54, 1.807) is 11.6 Å². The summed E-state index contributed by atoms with van der Waals surface area (Å²) in [5.74, 6) is -0.439. The molecule has 0 atom stereocenters. The van der Waals surface area contributed by atoms with Gasteiger partial charge in [-0.05, 0) is 39.1 Å². The highest BCUT2D eigenvalue weighted by molar-refractivity contribution is 5.92. The highest BCUT2D eigenvalue weighted by Crippen LogP contribution is 2.07. The average Bonchev–Trinajstić information content (AvgIpc) is 2.52. The Morgan fingerprint density at radius 1 is 1.22 bits per heavy atom. The first-order valence-corrected chi connectivity index (χ1v) is 7.22. The fourth-order valence-electron chi connectivity index (χ4n) is 2.09. The van der Waals surface area contributed by atoms with Gasteiger partial charge in [-0.1, -0.05) is 18.2 Å². The van der Waals surface area contributed by atoms with Crippen molar-refractivity contribution in [3.63, 3.8) is 0 Å². The van der Waals surface area contributed by atoms with Gasteiger partial charge in [-0.15, -0.1) is 12.4 Å². The Morgan fingerprint density at radius 2 is 1.91 bits per heavy atom. The molecule has 0 saturated carbocycles. The van der Waals surface area contributed by atoms with Crippen LogP contribution in [0.2, 0.25) is 0 Å². The largest absolute Gasteiger partial charge is 0.350 e. The van der Waals surface area contributed by atoms with Crippen LogP contribution in [0.4, 0.5) is 0 Å². The summed E-state index contributed by atoms with van der Waals surface area (Å²) in [6.07, 6.45) is 0.793. The Bertz CT molecular complexity index is 701. The zero-order valence-electron chi connectivity index (χ0n) is 13.2. The Morgan fingerprint density at radius 3 is 2.57 bits per heavy atom. The van der Waals surface area contributed by atoms with E-state index in [2.05, 4.69) is 15.7 Å². The summed E-state index contributed by atoms with van der Waals surface area (Å²) in [6, 6.07) is 10.8. The van der Waals surface area contributed by atoms with Gasteiger partial charge < -0.3 is 10.6 Å². The number of benzene rings is 1. The SMILES string of the molecule is CNCCCNC(=O)c1nn(-c2ccccc2)c(C)cc1=O.Cl. The first kappa shape index (κ1) is 18.9. The molecule has 124 valence electrons. The van der Waals surface area contributed by atoms with Gasteiger partial charge in [0, 0.05) is 18.3 Å². The van der Waals surface area contributed by atoms with Crippen LogP contribution in [-0.2, 0) is 0 Å². The summed E-state index contributed by atoms with van der Waals surface area (Å²) in [4.78, 5) is 24.1. The number of carbonyl (C=O) groups is 1. The van der Waals surface area contributed by atoms with Crippen LogP contribution in [0.5, 0.6) is 0 Å². The van der Waals surface area contributed by atoms with Crippen LogP contribution < -0.4 is 16.1 Å². The summed E-state index contributed by atoms with van der Waals surface area (Å²) in [7, 11) is 1.85. The van der Waals surface area contributed by atoms with Crippen molar-refractivity contribution in [1.82, 2.24) is 20.4 Å². The van der Waals surface area contributed by atoms with Crippen molar-refractivity contribution in [2.45, 2.75) is 13.3 Å². The summed E-state index contributed by atoms with van der Waals surface area (Å²) in [5, 5.41) is 9.93. The molecule has 0 spiro atoms. The molecule has 0 aliphatic heterocycles. The molecule has 2 aromatic rings. The zero-order chi connectivity index (χ0) is 15.9. The van der Waals surface area contributed by atoms with Crippen LogP contribution in [-0.4, -0.2) is 35.8 Å². The van der Waals surface area contributed by atoms with Crippen molar-refractivity contribution in [1.29, 1.82) is 0 Å². The molecule has 0 bridgehead atoms. The quantitative estimate of drug-likeness (QED) is 0.780. The van der Waals surface area contributed by atoms with E-state index in [0.717, 1.165) is 18.7 Å². The lowest BCUT2D eigenvalue weighted by molar-refractivity contribution is 0.0945. The lowest BCUT2D eigenvalue weighted by atomic mass is 10.2. The molecule has 2 rings (SSSR count). The van der Waals surface area contributed by atoms with Gasteiger partial charge in [0.15, 0.2) is 5.69 Å². The normalized spacial score (nSPS) is 10.0. The van der Waals surface area contributed by atoms with Crippen LogP contribution in [0.3, 0.4) is 0 Å². The van der Waals surface area contributed by atoms with Crippen LogP contribution >= 0.6 is 12.4 Å². The standard InChI is InChI=1S/C16H20N4O2.ClH/c1-12-11-14(21)15(16(22)18-10-6-9-17-2)19-20(12)13-7-4-3-5-8-13;/h3-5,7-8,11,17H,6,9-10H2,1-2H3,(H,18,22);1H. The van der Waals surface area contributed by atoms with Crippen molar-refractivity contribution in [2.75, 3.05) is 20.1 Å². The van der Waals surface area contributed by atoms with Crippen molar-refractivity contribution < 1.29 is 4.79 Å². The van der Waals surface area contributed by atoms with Crippen molar-refractivity contribution in [2.24, 2.45) is 0 Å². The lowest BCUT2D eigenvalue weighted by Crippen LogP contribution is -2.33. The van der Waals surface area contributed by atoms with E-state index in [0.29, 0.717) is 12.2 Å². The molecular formula is C16H21ClN4O2. The van der Waals surface area contributed by atoms with E-state index < -0.39 is 5.91 Å². The molecule has 0 fully saturated rings. The number of carbonyl (C=O) groups excluding carboxylic acids is 1. The number of para-hydroxylation sites is 1. The molecule has 1 heterocycles. The van der Waals surface area contributed by atoms with Gasteiger partial charge in [-0.3, -0.25) is 9.59 Å². The maximum absolute atomic E-state index is 12.1. The van der Waals surface area contributed by atoms with Crippen molar-refractivity contribution in [3.8, 4) is 5.69 Å². The molecular weight excluding hydrogens is 316 g/mol. The monoisotopic (exact) mass is 336 g/mol. The minimum absolute atomic E-state index is 0. The molecule has 6 nitrogen and oxygen atoms in total. The van der Waals surface area contributed by atoms with Crippen LogP contribution in [0.15, 0.2) is 41.2 Å². The fraction of sp³-hybridized carbons (Fsp3) is 0.312. The number of nitrogens with one attached hydrogen (secondary N) is 2. The first-order chi connectivity index (χ1) is 10.6. The lowest BCUT2D eigenvalue weighted by Gasteiger charge is -2.11. The second-order valence-corrected chi connectivity index (χ2v) is 4.96. The molecule has 7 heteroatoms. The van der Waals surface area contributed by atoms with E-state index in [9.17, 15) is 9.59 Å². The minimum atomic E-state index is -0.439. The summed E-state index contributed by atoms with van der Waals surface area (Å²) >= 11 is 0. The molecule has 1 amide bonds. The van der Waals surface area contributed by atoms with Gasteiger partial charge in [-0.25, -0.2) is 4.68 Å². The third-order valence-electron chi connectivity index (χ3n) is 3.21. The smallest absolute Gasteiger partial charge is 0.275 e. The van der Waals surface area contributed by atoms with E-state index in [1.165, 1.54) is 6.07 Å². The highest BCUT2D eigenvalue weighted by Gasteiger charge is 2.14. The topological polar surface area (TPSA) is 76.0 Å². The van der Waals surface area contributed by atoms with Crippen molar-refractivity contribution in [3.05, 3.63) is 58.0 Å². The maximum Gasteiger partial charge on any atom is 0.275 e. The fourth-order valence-corrected chi connectivity index (χ4v) is 2.09. The predicted octanol–water partition coefficient (Wildman–Crippen LogP) is 1.30. The van der Waals surface area contributed by atoms with Gasteiger partial charge in [0.25, 0.3) is 5.91 Å². The number of aryl methyl sites for hydroxylation is 1. The molecule has 23 heavy (non-hydrogen) atoms. The minimum Gasteiger partial charge on any atom is -0.350 e. The average molecular weight is 337 g/mol. The summed E-state index contributed by atoms with van der Waals surface area (Å²) in [5.41, 5.74) is 1.04. The number of hydrogen-bond donors (Lipinski definition) is 2. The Kier molecular flexibility index (Phi) is 7.44.